The highest BCUT2D eigenvalue weighted by Crippen LogP contribution is 2.36. The Hall–Kier alpha value is -1.45. The molecule has 4 rings (SSSR count). The van der Waals surface area contributed by atoms with Crippen molar-refractivity contribution < 1.29 is 22.5 Å². The van der Waals surface area contributed by atoms with Gasteiger partial charge in [-0.15, -0.1) is 0 Å². The number of rotatable bonds is 5. The van der Waals surface area contributed by atoms with Crippen LogP contribution in [0, 0.1) is 19.8 Å². The highest BCUT2D eigenvalue weighted by Gasteiger charge is 2.42. The van der Waals surface area contributed by atoms with Crippen molar-refractivity contribution in [2.45, 2.75) is 69.4 Å². The van der Waals surface area contributed by atoms with Crippen molar-refractivity contribution >= 4 is 15.9 Å². The number of sulfonamides is 1. The average molecular weight is 412 g/mol. The van der Waals surface area contributed by atoms with Gasteiger partial charge in [0.1, 0.15) is 10.6 Å². The first kappa shape index (κ1) is 19.8. The quantitative estimate of drug-likeness (QED) is 0.734. The van der Waals surface area contributed by atoms with Gasteiger partial charge in [0.05, 0.1) is 0 Å². The molecule has 0 unspecified atom stereocenters. The van der Waals surface area contributed by atoms with E-state index in [-0.39, 0.29) is 28.8 Å². The van der Waals surface area contributed by atoms with E-state index in [1.807, 2.05) is 0 Å². The Morgan fingerprint density at radius 1 is 1.04 bits per heavy atom. The smallest absolute Gasteiger partial charge is 0.248 e. The molecule has 3 fully saturated rings. The lowest BCUT2D eigenvalue weighted by Crippen LogP contribution is -2.54. The minimum Gasteiger partial charge on any atom is -0.381 e. The van der Waals surface area contributed by atoms with Gasteiger partial charge >= 0.3 is 0 Å². The summed E-state index contributed by atoms with van der Waals surface area (Å²) >= 11 is 0. The van der Waals surface area contributed by atoms with Crippen LogP contribution >= 0.6 is 0 Å². The fourth-order valence-electron chi connectivity index (χ4n) is 4.50. The zero-order chi connectivity index (χ0) is 19.9. The molecule has 156 valence electrons. The second kappa shape index (κ2) is 7.76. The van der Waals surface area contributed by atoms with Gasteiger partial charge in [-0.05, 0) is 52.4 Å². The summed E-state index contributed by atoms with van der Waals surface area (Å²) in [6.07, 6.45) is 5.04. The van der Waals surface area contributed by atoms with Crippen molar-refractivity contribution in [1.29, 1.82) is 0 Å². The van der Waals surface area contributed by atoms with E-state index in [0.717, 1.165) is 25.7 Å². The summed E-state index contributed by atoms with van der Waals surface area (Å²) in [4.78, 5) is 15.3. The summed E-state index contributed by atoms with van der Waals surface area (Å²) < 4.78 is 38.1. The van der Waals surface area contributed by atoms with Crippen molar-refractivity contribution in [3.8, 4) is 0 Å². The standard InChI is InChI=1S/C19H29N3O5S/c1-13-18(14(2)27-20-13)28(24,25)21-9-5-16(6-10-21)22(19(23)15-3-4-15)17-7-11-26-12-8-17/h15-17H,3-12H2,1-2H3. The van der Waals surface area contributed by atoms with Crippen LogP contribution in [0.1, 0.15) is 50.0 Å². The van der Waals surface area contributed by atoms with Crippen molar-refractivity contribution in [1.82, 2.24) is 14.4 Å². The van der Waals surface area contributed by atoms with Crippen LogP contribution in [-0.4, -0.2) is 67.1 Å². The fourth-order valence-corrected chi connectivity index (χ4v) is 6.26. The molecule has 3 aliphatic rings. The van der Waals surface area contributed by atoms with E-state index in [1.54, 1.807) is 13.8 Å². The minimum atomic E-state index is -3.62. The summed E-state index contributed by atoms with van der Waals surface area (Å²) in [5.74, 6) is 0.762. The van der Waals surface area contributed by atoms with Crippen LogP contribution < -0.4 is 0 Å². The molecule has 1 amide bonds. The Morgan fingerprint density at radius 2 is 1.64 bits per heavy atom. The first-order chi connectivity index (χ1) is 13.4. The second-order valence-electron chi connectivity index (χ2n) is 8.15. The Bertz CT molecular complexity index is 799. The average Bonchev–Trinajstić information content (AvgIpc) is 3.48. The number of hydrogen-bond donors (Lipinski definition) is 0. The Labute approximate surface area is 166 Å². The number of carbonyl (C=O) groups excluding carboxylic acids is 1. The Morgan fingerprint density at radius 3 is 2.18 bits per heavy atom. The molecule has 2 saturated heterocycles. The van der Waals surface area contributed by atoms with Crippen LogP contribution in [0.2, 0.25) is 0 Å². The molecular weight excluding hydrogens is 382 g/mol. The molecule has 1 aromatic heterocycles. The molecule has 0 spiro atoms. The van der Waals surface area contributed by atoms with Gasteiger partial charge in [-0.3, -0.25) is 4.79 Å². The Balaban J connectivity index is 1.48. The van der Waals surface area contributed by atoms with E-state index < -0.39 is 10.0 Å². The van der Waals surface area contributed by atoms with Crippen LogP contribution in [0.5, 0.6) is 0 Å². The Kier molecular flexibility index (Phi) is 5.50. The lowest BCUT2D eigenvalue weighted by Gasteiger charge is -2.43. The SMILES string of the molecule is Cc1noc(C)c1S(=O)(=O)N1CCC(N(C(=O)C2CC2)C2CCOCC2)CC1. The van der Waals surface area contributed by atoms with Crippen molar-refractivity contribution in [3.63, 3.8) is 0 Å². The monoisotopic (exact) mass is 411 g/mol. The van der Waals surface area contributed by atoms with Gasteiger partial charge in [0.15, 0.2) is 5.76 Å². The van der Waals surface area contributed by atoms with E-state index in [9.17, 15) is 13.2 Å². The van der Waals surface area contributed by atoms with Crippen LogP contribution in [0.25, 0.3) is 0 Å². The highest BCUT2D eigenvalue weighted by atomic mass is 32.2. The first-order valence-corrected chi connectivity index (χ1v) is 11.7. The van der Waals surface area contributed by atoms with E-state index in [1.165, 1.54) is 4.31 Å². The third kappa shape index (κ3) is 3.71. The van der Waals surface area contributed by atoms with E-state index in [2.05, 4.69) is 10.1 Å². The minimum absolute atomic E-state index is 0.104. The maximum Gasteiger partial charge on any atom is 0.248 e. The molecule has 0 N–H and O–H groups in total. The van der Waals surface area contributed by atoms with Crippen LogP contribution in [0.15, 0.2) is 9.42 Å². The largest absolute Gasteiger partial charge is 0.381 e. The first-order valence-electron chi connectivity index (χ1n) is 10.2. The van der Waals surface area contributed by atoms with Gasteiger partial charge in [0.2, 0.25) is 15.9 Å². The lowest BCUT2D eigenvalue weighted by molar-refractivity contribution is -0.141. The molecule has 0 bridgehead atoms. The predicted octanol–water partition coefficient (Wildman–Crippen LogP) is 1.86. The number of piperidine rings is 1. The third-order valence-electron chi connectivity index (χ3n) is 6.15. The zero-order valence-corrected chi connectivity index (χ0v) is 17.4. The predicted molar refractivity (Wildman–Crippen MR) is 101 cm³/mol. The fraction of sp³-hybridized carbons (Fsp3) is 0.789. The number of carbonyl (C=O) groups is 1. The molecule has 1 aromatic rings. The summed E-state index contributed by atoms with van der Waals surface area (Å²) in [6.45, 7) is 5.48. The zero-order valence-electron chi connectivity index (χ0n) is 16.6. The highest BCUT2D eigenvalue weighted by molar-refractivity contribution is 7.89. The molecular formula is C19H29N3O5S. The number of amides is 1. The van der Waals surface area contributed by atoms with Gasteiger partial charge in [-0.25, -0.2) is 8.42 Å². The molecule has 9 heteroatoms. The van der Waals surface area contributed by atoms with Gasteiger partial charge in [0.25, 0.3) is 0 Å². The van der Waals surface area contributed by atoms with Gasteiger partial charge < -0.3 is 14.2 Å². The molecule has 2 aliphatic heterocycles. The van der Waals surface area contributed by atoms with Gasteiger partial charge in [0, 0.05) is 44.3 Å². The van der Waals surface area contributed by atoms with E-state index >= 15 is 0 Å². The van der Waals surface area contributed by atoms with Gasteiger partial charge in [-0.2, -0.15) is 4.31 Å². The van der Waals surface area contributed by atoms with E-state index in [0.29, 0.717) is 50.6 Å². The van der Waals surface area contributed by atoms with Crippen LogP contribution in [0.3, 0.4) is 0 Å². The topological polar surface area (TPSA) is 93.0 Å². The molecule has 0 radical (unpaired) electrons. The molecule has 28 heavy (non-hydrogen) atoms. The molecule has 1 saturated carbocycles. The number of nitrogens with zero attached hydrogens (tertiary/aromatic N) is 3. The van der Waals surface area contributed by atoms with Crippen LogP contribution in [0.4, 0.5) is 0 Å². The summed E-state index contributed by atoms with van der Waals surface area (Å²) in [5, 5.41) is 3.79. The molecule has 0 aromatic carbocycles. The van der Waals surface area contributed by atoms with E-state index in [4.69, 9.17) is 9.26 Å². The van der Waals surface area contributed by atoms with Crippen LogP contribution in [-0.2, 0) is 19.6 Å². The summed E-state index contributed by atoms with van der Waals surface area (Å²) in [7, 11) is -3.62. The summed E-state index contributed by atoms with van der Waals surface area (Å²) in [5.41, 5.74) is 0.396. The van der Waals surface area contributed by atoms with Crippen molar-refractivity contribution in [3.05, 3.63) is 11.5 Å². The number of hydrogen-bond acceptors (Lipinski definition) is 6. The molecule has 8 nitrogen and oxygen atoms in total. The molecule has 0 atom stereocenters. The van der Waals surface area contributed by atoms with Crippen molar-refractivity contribution in [2.24, 2.45) is 5.92 Å². The second-order valence-corrected chi connectivity index (χ2v) is 10.0. The normalized spacial score (nSPS) is 23.1. The van der Waals surface area contributed by atoms with Gasteiger partial charge in [-0.1, -0.05) is 5.16 Å². The van der Waals surface area contributed by atoms with Crippen molar-refractivity contribution in [2.75, 3.05) is 26.3 Å². The number of aromatic nitrogens is 1. The maximum atomic E-state index is 13.0. The summed E-state index contributed by atoms with van der Waals surface area (Å²) in [6, 6.07) is 0.324. The molecule has 3 heterocycles. The maximum absolute atomic E-state index is 13.0. The molecule has 1 aliphatic carbocycles. The number of aryl methyl sites for hydroxylation is 2. The lowest BCUT2D eigenvalue weighted by atomic mass is 9.98. The number of ether oxygens (including phenoxy) is 1. The third-order valence-corrected chi connectivity index (χ3v) is 8.29.